The minimum atomic E-state index is -0.835. The molecule has 0 rings (SSSR count). The van der Waals surface area contributed by atoms with Crippen molar-refractivity contribution in [1.29, 1.82) is 0 Å². The van der Waals surface area contributed by atoms with Gasteiger partial charge in [-0.15, -0.1) is 0 Å². The van der Waals surface area contributed by atoms with Crippen LogP contribution in [0, 0.1) is 0 Å². The summed E-state index contributed by atoms with van der Waals surface area (Å²) in [6, 6.07) is 0. The highest BCUT2D eigenvalue weighted by molar-refractivity contribution is 5.93. The molecule has 4 nitrogen and oxygen atoms in total. The lowest BCUT2D eigenvalue weighted by Crippen LogP contribution is -2.38. The molecule has 0 aliphatic carbocycles. The van der Waals surface area contributed by atoms with E-state index < -0.39 is 12.7 Å². The van der Waals surface area contributed by atoms with Gasteiger partial charge in [0.2, 0.25) is 0 Å². The van der Waals surface area contributed by atoms with Gasteiger partial charge >= 0.3 is 0 Å². The van der Waals surface area contributed by atoms with Crippen LogP contribution in [0.2, 0.25) is 0 Å². The van der Waals surface area contributed by atoms with Crippen molar-refractivity contribution >= 4 is 5.91 Å². The first-order chi connectivity index (χ1) is 7.13. The van der Waals surface area contributed by atoms with Gasteiger partial charge in [0, 0.05) is 0 Å². The van der Waals surface area contributed by atoms with Crippen LogP contribution < -0.4 is 10.9 Å². The van der Waals surface area contributed by atoms with Crippen LogP contribution in [0.1, 0.15) is 39.5 Å². The number of hydrogen-bond acceptors (Lipinski definition) is 3. The molecule has 0 heterocycles. The molecule has 0 aromatic carbocycles. The Morgan fingerprint density at radius 3 is 2.53 bits per heavy atom. The first-order valence-corrected chi connectivity index (χ1v) is 5.11. The summed E-state index contributed by atoms with van der Waals surface area (Å²) in [5, 5.41) is 9.28. The van der Waals surface area contributed by atoms with Crippen molar-refractivity contribution in [1.82, 2.24) is 10.9 Å². The number of unbranched alkanes of at least 4 members (excludes halogenated alkanes) is 2. The van der Waals surface area contributed by atoms with E-state index in [-0.39, 0.29) is 5.76 Å². The van der Waals surface area contributed by atoms with E-state index in [2.05, 4.69) is 17.8 Å². The maximum Gasteiger partial charge on any atom is 0.264 e. The number of hydrogen-bond donors (Lipinski definition) is 3. The maximum absolute atomic E-state index is 11.7. The average Bonchev–Trinajstić information content (AvgIpc) is 2.20. The molecule has 0 saturated carbocycles. The van der Waals surface area contributed by atoms with Gasteiger partial charge in [-0.1, -0.05) is 19.8 Å². The zero-order valence-corrected chi connectivity index (χ0v) is 9.27. The van der Waals surface area contributed by atoms with E-state index in [4.69, 9.17) is 0 Å². The molecule has 0 bridgehead atoms. The van der Waals surface area contributed by atoms with Crippen molar-refractivity contribution in [2.24, 2.45) is 0 Å². The highest BCUT2D eigenvalue weighted by atomic mass is 19.1. The largest absolute Gasteiger partial charge is 0.512 e. The van der Waals surface area contributed by atoms with Crippen molar-refractivity contribution in [3.8, 4) is 0 Å². The van der Waals surface area contributed by atoms with Gasteiger partial charge in [0.15, 0.2) is 6.80 Å². The number of nitrogens with one attached hydrogen (secondary N) is 2. The second-order valence-electron chi connectivity index (χ2n) is 3.29. The fraction of sp³-hybridized carbons (Fsp3) is 0.700. The summed E-state index contributed by atoms with van der Waals surface area (Å²) in [5.74, 6) is -0.479. The Hall–Kier alpha value is -1.10. The topological polar surface area (TPSA) is 61.4 Å². The molecular weight excluding hydrogens is 199 g/mol. The lowest BCUT2D eigenvalue weighted by molar-refractivity contribution is -0.119. The van der Waals surface area contributed by atoms with Crippen LogP contribution >= 0.6 is 0 Å². The van der Waals surface area contributed by atoms with Crippen LogP contribution in [-0.2, 0) is 4.79 Å². The van der Waals surface area contributed by atoms with Gasteiger partial charge < -0.3 is 5.11 Å². The van der Waals surface area contributed by atoms with Gasteiger partial charge in [-0.25, -0.2) is 9.82 Å². The van der Waals surface area contributed by atoms with E-state index in [1.807, 2.05) is 0 Å². The minimum Gasteiger partial charge on any atom is -0.512 e. The number of rotatable bonds is 7. The van der Waals surface area contributed by atoms with Gasteiger partial charge in [-0.3, -0.25) is 10.2 Å². The molecule has 0 fully saturated rings. The summed E-state index contributed by atoms with van der Waals surface area (Å²) in [6.07, 6.45) is 3.39. The predicted molar refractivity (Wildman–Crippen MR) is 56.7 cm³/mol. The maximum atomic E-state index is 11.7. The molecule has 1 amide bonds. The van der Waals surface area contributed by atoms with E-state index in [0.717, 1.165) is 19.3 Å². The summed E-state index contributed by atoms with van der Waals surface area (Å²) in [7, 11) is 0. The molecule has 15 heavy (non-hydrogen) atoms. The van der Waals surface area contributed by atoms with E-state index in [1.54, 1.807) is 0 Å². The van der Waals surface area contributed by atoms with Gasteiger partial charge in [0.1, 0.15) is 0 Å². The summed E-state index contributed by atoms with van der Waals surface area (Å²) in [4.78, 5) is 11.4. The second kappa shape index (κ2) is 8.23. The quantitative estimate of drug-likeness (QED) is 0.201. The molecule has 0 aromatic heterocycles. The molecule has 0 saturated heterocycles. The van der Waals surface area contributed by atoms with E-state index in [0.29, 0.717) is 12.0 Å². The van der Waals surface area contributed by atoms with Crippen LogP contribution in [0.15, 0.2) is 11.3 Å². The molecule has 88 valence electrons. The lowest BCUT2D eigenvalue weighted by Gasteiger charge is -2.08. The van der Waals surface area contributed by atoms with Gasteiger partial charge in [0.25, 0.3) is 5.91 Å². The van der Waals surface area contributed by atoms with Crippen molar-refractivity contribution in [3.05, 3.63) is 11.3 Å². The minimum absolute atomic E-state index is 0.00994. The number of hydrazine groups is 1. The number of amides is 1. The fourth-order valence-electron chi connectivity index (χ4n) is 1.20. The van der Waals surface area contributed by atoms with E-state index in [9.17, 15) is 14.3 Å². The van der Waals surface area contributed by atoms with Crippen molar-refractivity contribution in [2.75, 3.05) is 6.80 Å². The van der Waals surface area contributed by atoms with Crippen molar-refractivity contribution < 1.29 is 14.3 Å². The van der Waals surface area contributed by atoms with Gasteiger partial charge in [0.05, 0.1) is 11.3 Å². The van der Waals surface area contributed by atoms with Gasteiger partial charge in [-0.05, 0) is 19.8 Å². The normalized spacial score (nSPS) is 12.2. The predicted octanol–water partition coefficient (Wildman–Crippen LogP) is 1.95. The Morgan fingerprint density at radius 1 is 1.40 bits per heavy atom. The van der Waals surface area contributed by atoms with E-state index >= 15 is 0 Å². The van der Waals surface area contributed by atoms with Crippen molar-refractivity contribution in [3.63, 3.8) is 0 Å². The highest BCUT2D eigenvalue weighted by Gasteiger charge is 2.11. The molecule has 0 aliphatic heterocycles. The fourth-order valence-corrected chi connectivity index (χ4v) is 1.20. The number of alkyl halides is 1. The molecular formula is C10H19FN2O2. The monoisotopic (exact) mass is 218 g/mol. The molecule has 0 atom stereocenters. The molecule has 0 unspecified atom stereocenters. The summed E-state index contributed by atoms with van der Waals surface area (Å²) in [5.41, 5.74) is 4.53. The lowest BCUT2D eigenvalue weighted by atomic mass is 10.1. The zero-order chi connectivity index (χ0) is 11.7. The Kier molecular flexibility index (Phi) is 7.62. The SMILES string of the molecule is CCCCC/C(C(=O)NNCF)=C(\C)O. The average molecular weight is 218 g/mol. The molecule has 0 aromatic rings. The number of halogens is 1. The van der Waals surface area contributed by atoms with Crippen LogP contribution in [0.25, 0.3) is 0 Å². The van der Waals surface area contributed by atoms with Crippen LogP contribution in [-0.4, -0.2) is 17.8 Å². The smallest absolute Gasteiger partial charge is 0.264 e. The third-order valence-electron chi connectivity index (χ3n) is 2.01. The third-order valence-corrected chi connectivity index (χ3v) is 2.01. The van der Waals surface area contributed by atoms with Crippen LogP contribution in [0.4, 0.5) is 4.39 Å². The Balaban J connectivity index is 4.16. The summed E-state index contributed by atoms with van der Waals surface area (Å²) in [6.45, 7) is 2.68. The standard InChI is InChI=1S/C10H19FN2O2/c1-3-4-5-6-9(8(2)14)10(15)13-12-7-11/h12,14H,3-7H2,1-2H3,(H,13,15)/b9-8-. The van der Waals surface area contributed by atoms with Crippen LogP contribution in [0.3, 0.4) is 0 Å². The summed E-state index contributed by atoms with van der Waals surface area (Å²) < 4.78 is 11.7. The molecule has 0 aliphatic rings. The first kappa shape index (κ1) is 13.9. The number of carbonyl (C=O) groups is 1. The molecule has 3 N–H and O–H groups in total. The Morgan fingerprint density at radius 2 is 2.07 bits per heavy atom. The first-order valence-electron chi connectivity index (χ1n) is 5.11. The zero-order valence-electron chi connectivity index (χ0n) is 9.27. The Bertz CT molecular complexity index is 225. The molecule has 0 spiro atoms. The number of allylic oxidation sites excluding steroid dienone is 1. The van der Waals surface area contributed by atoms with E-state index in [1.165, 1.54) is 6.92 Å². The Labute approximate surface area is 89.5 Å². The molecule has 0 radical (unpaired) electrons. The van der Waals surface area contributed by atoms with Gasteiger partial charge in [-0.2, -0.15) is 0 Å². The number of aliphatic hydroxyl groups excluding tert-OH is 1. The second-order valence-corrected chi connectivity index (χ2v) is 3.29. The summed E-state index contributed by atoms with van der Waals surface area (Å²) >= 11 is 0. The number of carbonyl (C=O) groups excluding carboxylic acids is 1. The molecule has 5 heteroatoms. The highest BCUT2D eigenvalue weighted by Crippen LogP contribution is 2.12. The van der Waals surface area contributed by atoms with Crippen LogP contribution in [0.5, 0.6) is 0 Å². The third kappa shape index (κ3) is 6.06. The van der Waals surface area contributed by atoms with Crippen molar-refractivity contribution in [2.45, 2.75) is 39.5 Å². The number of aliphatic hydroxyl groups is 1.